The third kappa shape index (κ3) is 7.75. The quantitative estimate of drug-likeness (QED) is 0.462. The standard InChI is InChI=1S/C9H17NO5/c1-6(2)3-7(4-8(11)15-14)5-10-9(12)13/h6-7,10,14H,3-5H2,1-2H3,(H,12,13)/t7-/m0/s1. The van der Waals surface area contributed by atoms with Gasteiger partial charge in [0.25, 0.3) is 0 Å². The first-order valence-electron chi connectivity index (χ1n) is 4.76. The van der Waals surface area contributed by atoms with Gasteiger partial charge in [0.05, 0.1) is 6.42 Å². The lowest BCUT2D eigenvalue weighted by atomic mass is 9.94. The molecule has 0 aliphatic carbocycles. The van der Waals surface area contributed by atoms with Crippen LogP contribution in [0.15, 0.2) is 0 Å². The molecule has 0 fully saturated rings. The molecule has 6 heteroatoms. The molecule has 3 N–H and O–H groups in total. The summed E-state index contributed by atoms with van der Waals surface area (Å²) >= 11 is 0. The molecule has 88 valence electrons. The van der Waals surface area contributed by atoms with Crippen molar-refractivity contribution < 1.29 is 24.8 Å². The van der Waals surface area contributed by atoms with Gasteiger partial charge in [0.1, 0.15) is 0 Å². The van der Waals surface area contributed by atoms with Gasteiger partial charge in [-0.25, -0.2) is 9.59 Å². The number of hydrogen-bond acceptors (Lipinski definition) is 4. The highest BCUT2D eigenvalue weighted by Gasteiger charge is 2.17. The van der Waals surface area contributed by atoms with Gasteiger partial charge in [-0.15, -0.1) is 0 Å². The second kappa shape index (κ2) is 7.05. The van der Waals surface area contributed by atoms with Gasteiger partial charge in [-0.3, -0.25) is 0 Å². The summed E-state index contributed by atoms with van der Waals surface area (Å²) in [4.78, 5) is 24.6. The molecule has 1 atom stereocenters. The summed E-state index contributed by atoms with van der Waals surface area (Å²) in [5, 5.41) is 18.7. The van der Waals surface area contributed by atoms with Gasteiger partial charge in [0.15, 0.2) is 0 Å². The zero-order chi connectivity index (χ0) is 11.8. The zero-order valence-electron chi connectivity index (χ0n) is 8.90. The van der Waals surface area contributed by atoms with E-state index >= 15 is 0 Å². The van der Waals surface area contributed by atoms with Crippen molar-refractivity contribution in [2.75, 3.05) is 6.54 Å². The van der Waals surface area contributed by atoms with E-state index < -0.39 is 12.1 Å². The Bertz CT molecular complexity index is 217. The molecule has 0 radical (unpaired) electrons. The normalized spacial score (nSPS) is 12.3. The lowest BCUT2D eigenvalue weighted by Gasteiger charge is -2.16. The van der Waals surface area contributed by atoms with E-state index in [0.717, 1.165) is 0 Å². The third-order valence-electron chi connectivity index (χ3n) is 1.90. The third-order valence-corrected chi connectivity index (χ3v) is 1.90. The molecule has 0 heterocycles. The monoisotopic (exact) mass is 219 g/mol. The summed E-state index contributed by atoms with van der Waals surface area (Å²) in [5.41, 5.74) is 0. The van der Waals surface area contributed by atoms with Gasteiger partial charge in [0, 0.05) is 6.54 Å². The molecule has 0 bridgehead atoms. The molecule has 0 aromatic heterocycles. The van der Waals surface area contributed by atoms with Crippen molar-refractivity contribution in [1.29, 1.82) is 0 Å². The summed E-state index contributed by atoms with van der Waals surface area (Å²) in [6.07, 6.45) is -0.425. The molecular weight excluding hydrogens is 202 g/mol. The maximum Gasteiger partial charge on any atom is 0.404 e. The van der Waals surface area contributed by atoms with Crippen LogP contribution in [0.4, 0.5) is 4.79 Å². The van der Waals surface area contributed by atoms with E-state index in [0.29, 0.717) is 12.3 Å². The van der Waals surface area contributed by atoms with Crippen LogP contribution in [0.1, 0.15) is 26.7 Å². The van der Waals surface area contributed by atoms with Crippen molar-refractivity contribution in [3.63, 3.8) is 0 Å². The van der Waals surface area contributed by atoms with E-state index in [-0.39, 0.29) is 18.9 Å². The van der Waals surface area contributed by atoms with Gasteiger partial charge in [0.2, 0.25) is 0 Å². The van der Waals surface area contributed by atoms with Gasteiger partial charge < -0.3 is 15.3 Å². The minimum Gasteiger partial charge on any atom is -0.465 e. The van der Waals surface area contributed by atoms with E-state index in [1.54, 1.807) is 0 Å². The predicted molar refractivity (Wildman–Crippen MR) is 52.3 cm³/mol. The van der Waals surface area contributed by atoms with Crippen LogP contribution in [0.2, 0.25) is 0 Å². The maximum atomic E-state index is 10.8. The number of carbonyl (C=O) groups excluding carboxylic acids is 1. The Morgan fingerprint density at radius 1 is 1.40 bits per heavy atom. The average Bonchev–Trinajstić information content (AvgIpc) is 2.13. The fourth-order valence-corrected chi connectivity index (χ4v) is 1.41. The largest absolute Gasteiger partial charge is 0.465 e. The first kappa shape index (κ1) is 13.7. The molecule has 15 heavy (non-hydrogen) atoms. The van der Waals surface area contributed by atoms with Gasteiger partial charge >= 0.3 is 12.1 Å². The number of hydrogen-bond donors (Lipinski definition) is 3. The fourth-order valence-electron chi connectivity index (χ4n) is 1.41. The summed E-state index contributed by atoms with van der Waals surface area (Å²) < 4.78 is 0. The van der Waals surface area contributed by atoms with Crippen LogP contribution >= 0.6 is 0 Å². The molecule has 0 spiro atoms. The Morgan fingerprint density at radius 2 is 2.00 bits per heavy atom. The van der Waals surface area contributed by atoms with Crippen LogP contribution in [0.25, 0.3) is 0 Å². The molecule has 0 aromatic carbocycles. The molecule has 0 saturated heterocycles. The lowest BCUT2D eigenvalue weighted by molar-refractivity contribution is -0.235. The van der Waals surface area contributed by atoms with Crippen molar-refractivity contribution in [3.8, 4) is 0 Å². The molecule has 1 amide bonds. The Balaban J connectivity index is 4.05. The minimum absolute atomic E-state index is 0.00889. The molecule has 0 aromatic rings. The molecule has 0 unspecified atom stereocenters. The highest BCUT2D eigenvalue weighted by atomic mass is 17.1. The summed E-state index contributed by atoms with van der Waals surface area (Å²) in [7, 11) is 0. The Labute approximate surface area is 88.2 Å². The smallest absolute Gasteiger partial charge is 0.404 e. The number of nitrogens with one attached hydrogen (secondary N) is 1. The van der Waals surface area contributed by atoms with Crippen molar-refractivity contribution >= 4 is 12.1 Å². The number of rotatable bonds is 6. The van der Waals surface area contributed by atoms with E-state index in [2.05, 4.69) is 10.2 Å². The van der Waals surface area contributed by atoms with Crippen LogP contribution in [0, 0.1) is 11.8 Å². The molecule has 0 aliphatic heterocycles. The van der Waals surface area contributed by atoms with E-state index in [1.807, 2.05) is 13.8 Å². The topological polar surface area (TPSA) is 95.9 Å². The molecular formula is C9H17NO5. The lowest BCUT2D eigenvalue weighted by Crippen LogP contribution is -2.30. The zero-order valence-corrected chi connectivity index (χ0v) is 8.90. The van der Waals surface area contributed by atoms with Gasteiger partial charge in [-0.2, -0.15) is 5.26 Å². The van der Waals surface area contributed by atoms with Crippen LogP contribution in [0.5, 0.6) is 0 Å². The Morgan fingerprint density at radius 3 is 2.40 bits per heavy atom. The number of amides is 1. The first-order chi connectivity index (χ1) is 6.95. The van der Waals surface area contributed by atoms with Crippen LogP contribution in [-0.2, 0) is 9.68 Å². The average molecular weight is 219 g/mol. The second-order valence-corrected chi connectivity index (χ2v) is 3.85. The number of carbonyl (C=O) groups is 2. The maximum absolute atomic E-state index is 10.8. The fraction of sp³-hybridized carbons (Fsp3) is 0.778. The summed E-state index contributed by atoms with van der Waals surface area (Å²) in [6.45, 7) is 4.12. The van der Waals surface area contributed by atoms with Crippen LogP contribution in [0.3, 0.4) is 0 Å². The van der Waals surface area contributed by atoms with E-state index in [9.17, 15) is 9.59 Å². The molecule has 0 aliphatic rings. The van der Waals surface area contributed by atoms with Crippen molar-refractivity contribution in [3.05, 3.63) is 0 Å². The Kier molecular flexibility index (Phi) is 6.44. The highest BCUT2D eigenvalue weighted by Crippen LogP contribution is 2.15. The molecule has 0 saturated carbocycles. The van der Waals surface area contributed by atoms with Gasteiger partial charge in [-0.05, 0) is 18.3 Å². The summed E-state index contributed by atoms with van der Waals surface area (Å²) in [5.74, 6) is -0.550. The van der Waals surface area contributed by atoms with E-state index in [1.165, 1.54) is 0 Å². The molecule has 6 nitrogen and oxygen atoms in total. The van der Waals surface area contributed by atoms with Crippen molar-refractivity contribution in [2.24, 2.45) is 11.8 Å². The number of carboxylic acid groups (broad SMARTS) is 1. The van der Waals surface area contributed by atoms with Gasteiger partial charge in [-0.1, -0.05) is 13.8 Å². The summed E-state index contributed by atoms with van der Waals surface area (Å²) in [6, 6.07) is 0. The first-order valence-corrected chi connectivity index (χ1v) is 4.76. The van der Waals surface area contributed by atoms with Crippen LogP contribution in [-0.4, -0.2) is 29.0 Å². The second-order valence-electron chi connectivity index (χ2n) is 3.85. The van der Waals surface area contributed by atoms with Crippen LogP contribution < -0.4 is 5.32 Å². The van der Waals surface area contributed by atoms with Crippen molar-refractivity contribution in [2.45, 2.75) is 26.7 Å². The molecule has 0 rings (SSSR count). The SMILES string of the molecule is CC(C)C[C@H](CNC(=O)O)CC(=O)OO. The predicted octanol–water partition coefficient (Wildman–Crippen LogP) is 1.32. The highest BCUT2D eigenvalue weighted by molar-refractivity contribution is 5.69. The Hall–Kier alpha value is -1.30. The minimum atomic E-state index is -1.12. The van der Waals surface area contributed by atoms with Crippen molar-refractivity contribution in [1.82, 2.24) is 5.32 Å². The van der Waals surface area contributed by atoms with E-state index in [4.69, 9.17) is 10.4 Å².